The van der Waals surface area contributed by atoms with Gasteiger partial charge in [0.2, 0.25) is 0 Å². The summed E-state index contributed by atoms with van der Waals surface area (Å²) < 4.78 is 14.6. The minimum absolute atomic E-state index is 0.201. The first kappa shape index (κ1) is 25.2. The van der Waals surface area contributed by atoms with Crippen molar-refractivity contribution in [1.82, 2.24) is 15.2 Å². The molecule has 0 aliphatic heterocycles. The van der Waals surface area contributed by atoms with Crippen molar-refractivity contribution < 1.29 is 14.3 Å². The van der Waals surface area contributed by atoms with Gasteiger partial charge in [0.05, 0.1) is 22.6 Å². The number of pyridine rings is 1. The molecule has 4 N–H and O–H groups in total. The molecule has 0 saturated heterocycles. The number of hydrogen-bond acceptors (Lipinski definition) is 7. The molecule has 0 atom stereocenters. The van der Waals surface area contributed by atoms with Crippen LogP contribution in [0.2, 0.25) is 5.02 Å². The smallest absolute Gasteiger partial charge is 0.335 e. The van der Waals surface area contributed by atoms with E-state index in [9.17, 15) is 14.3 Å². The van der Waals surface area contributed by atoms with E-state index in [1.807, 2.05) is 25.1 Å². The Labute approximate surface area is 216 Å². The number of allylic oxidation sites excluding steroid dienone is 1. The number of carbonyl (C=O) groups is 1. The van der Waals surface area contributed by atoms with Gasteiger partial charge in [0.15, 0.2) is 0 Å². The predicted octanol–water partition coefficient (Wildman–Crippen LogP) is 6.68. The lowest BCUT2D eigenvalue weighted by atomic mass is 10.1. The normalized spacial score (nSPS) is 11.1. The van der Waals surface area contributed by atoms with Crippen molar-refractivity contribution in [2.75, 3.05) is 11.1 Å². The summed E-state index contributed by atoms with van der Waals surface area (Å²) in [6.45, 7) is 1.87. The summed E-state index contributed by atoms with van der Waals surface area (Å²) >= 11 is 7.45. The second-order valence-corrected chi connectivity index (χ2v) is 9.05. The molecule has 2 aromatic carbocycles. The van der Waals surface area contributed by atoms with Crippen molar-refractivity contribution in [3.63, 3.8) is 0 Å². The number of anilines is 3. The molecule has 4 rings (SSSR count). The molecule has 0 aliphatic carbocycles. The quantitative estimate of drug-likeness (QED) is 0.220. The Morgan fingerprint density at radius 3 is 2.78 bits per heavy atom. The first-order valence-electron chi connectivity index (χ1n) is 10.8. The average Bonchev–Trinajstić information content (AvgIpc) is 2.87. The van der Waals surface area contributed by atoms with E-state index < -0.39 is 11.8 Å². The first-order valence-corrected chi connectivity index (χ1v) is 12.1. The van der Waals surface area contributed by atoms with Crippen LogP contribution in [0.4, 0.5) is 21.6 Å². The van der Waals surface area contributed by atoms with Crippen molar-refractivity contribution in [2.24, 2.45) is 0 Å². The molecule has 2 aromatic heterocycles. The third-order valence-electron chi connectivity index (χ3n) is 5.14. The number of nitrogens with two attached hydrogens (primary N) is 1. The fourth-order valence-electron chi connectivity index (χ4n) is 3.43. The van der Waals surface area contributed by atoms with Crippen LogP contribution in [-0.2, 0) is 5.75 Å². The van der Waals surface area contributed by atoms with Crippen molar-refractivity contribution in [2.45, 2.75) is 17.7 Å². The van der Waals surface area contributed by atoms with Gasteiger partial charge in [-0.05, 0) is 55.0 Å². The van der Waals surface area contributed by atoms with Crippen molar-refractivity contribution in [3.8, 4) is 11.3 Å². The maximum atomic E-state index is 14.6. The Kier molecular flexibility index (Phi) is 7.82. The molecule has 10 heteroatoms. The maximum absolute atomic E-state index is 14.6. The highest BCUT2D eigenvalue weighted by Crippen LogP contribution is 2.35. The summed E-state index contributed by atoms with van der Waals surface area (Å²) in [5.41, 5.74) is 9.54. The largest absolute Gasteiger partial charge is 0.478 e. The number of halogens is 2. The fraction of sp³-hybridized carbons (Fsp3) is 0.0769. The molecule has 0 aliphatic rings. The summed E-state index contributed by atoms with van der Waals surface area (Å²) in [6, 6.07) is 14.4. The second kappa shape index (κ2) is 11.2. The van der Waals surface area contributed by atoms with Crippen LogP contribution in [-0.4, -0.2) is 26.3 Å². The Bertz CT molecular complexity index is 1460. The van der Waals surface area contributed by atoms with Crippen LogP contribution in [0.15, 0.2) is 71.9 Å². The molecule has 182 valence electrons. The molecule has 0 bridgehead atoms. The average molecular weight is 522 g/mol. The van der Waals surface area contributed by atoms with E-state index in [0.717, 1.165) is 5.56 Å². The van der Waals surface area contributed by atoms with Gasteiger partial charge in [0.1, 0.15) is 16.7 Å². The van der Waals surface area contributed by atoms with E-state index in [0.29, 0.717) is 44.3 Å². The van der Waals surface area contributed by atoms with E-state index >= 15 is 0 Å². The molecule has 0 fully saturated rings. The third kappa shape index (κ3) is 5.81. The summed E-state index contributed by atoms with van der Waals surface area (Å²) in [7, 11) is 0. The predicted molar refractivity (Wildman–Crippen MR) is 142 cm³/mol. The number of thioether (sulfide) groups is 1. The summed E-state index contributed by atoms with van der Waals surface area (Å²) in [6.07, 6.45) is 5.27. The number of nitrogens with zero attached hydrogens (tertiary/aromatic N) is 3. The van der Waals surface area contributed by atoms with Gasteiger partial charge in [-0.25, -0.2) is 14.2 Å². The van der Waals surface area contributed by atoms with E-state index in [1.54, 1.807) is 30.5 Å². The standard InChI is InChI=1S/C26H21ClFN5O2S/c1-2-4-18-21(9-10-30-24(18)29)31-23-13-22(19-12-17(27)7-8-20(19)28)32-33-25(23)36-14-15-5-3-6-16(11-15)26(34)35/h2-13H,14H2,1H3,(H,34,35)(H3,29,30,31,32)/b4-2-. The van der Waals surface area contributed by atoms with Gasteiger partial charge < -0.3 is 16.2 Å². The molecule has 0 amide bonds. The molecule has 0 radical (unpaired) electrons. The van der Waals surface area contributed by atoms with E-state index in [-0.39, 0.29) is 11.1 Å². The zero-order valence-corrected chi connectivity index (χ0v) is 20.6. The number of rotatable bonds is 8. The lowest BCUT2D eigenvalue weighted by Crippen LogP contribution is -2.03. The fourth-order valence-corrected chi connectivity index (χ4v) is 4.45. The molecule has 4 aromatic rings. The Morgan fingerprint density at radius 2 is 2.00 bits per heavy atom. The zero-order valence-electron chi connectivity index (χ0n) is 19.1. The van der Waals surface area contributed by atoms with Crippen molar-refractivity contribution in [3.05, 3.63) is 94.4 Å². The number of benzene rings is 2. The number of carboxylic acid groups (broad SMARTS) is 1. The molecular weight excluding hydrogens is 501 g/mol. The molecule has 7 nitrogen and oxygen atoms in total. The third-order valence-corrected chi connectivity index (χ3v) is 6.43. The Balaban J connectivity index is 1.74. The van der Waals surface area contributed by atoms with Crippen LogP contribution in [0.1, 0.15) is 28.4 Å². The van der Waals surface area contributed by atoms with Crippen molar-refractivity contribution in [1.29, 1.82) is 0 Å². The van der Waals surface area contributed by atoms with Crippen LogP contribution in [0.5, 0.6) is 0 Å². The topological polar surface area (TPSA) is 114 Å². The number of nitrogen functional groups attached to an aromatic ring is 1. The van der Waals surface area contributed by atoms with Crippen LogP contribution >= 0.6 is 23.4 Å². The minimum atomic E-state index is -0.997. The Hall–Kier alpha value is -3.95. The SMILES string of the molecule is C/C=C\c1c(Nc2cc(-c3cc(Cl)ccc3F)nnc2SCc2cccc(C(=O)O)c2)ccnc1N. The molecule has 0 saturated carbocycles. The van der Waals surface area contributed by atoms with Crippen LogP contribution in [0.25, 0.3) is 17.3 Å². The van der Waals surface area contributed by atoms with Gasteiger partial charge in [-0.2, -0.15) is 0 Å². The highest BCUT2D eigenvalue weighted by atomic mass is 35.5. The minimum Gasteiger partial charge on any atom is -0.478 e. The lowest BCUT2D eigenvalue weighted by Gasteiger charge is -2.15. The van der Waals surface area contributed by atoms with E-state index in [1.165, 1.54) is 36.0 Å². The van der Waals surface area contributed by atoms with Crippen LogP contribution in [0.3, 0.4) is 0 Å². The monoisotopic (exact) mass is 521 g/mol. The highest BCUT2D eigenvalue weighted by molar-refractivity contribution is 7.98. The van der Waals surface area contributed by atoms with Gasteiger partial charge in [-0.1, -0.05) is 47.6 Å². The van der Waals surface area contributed by atoms with Crippen molar-refractivity contribution >= 4 is 52.6 Å². The van der Waals surface area contributed by atoms with Gasteiger partial charge in [-0.3, -0.25) is 0 Å². The lowest BCUT2D eigenvalue weighted by molar-refractivity contribution is 0.0696. The maximum Gasteiger partial charge on any atom is 0.335 e. The molecule has 0 spiro atoms. The van der Waals surface area contributed by atoms with Gasteiger partial charge >= 0.3 is 5.97 Å². The summed E-state index contributed by atoms with van der Waals surface area (Å²) in [4.78, 5) is 15.5. The van der Waals surface area contributed by atoms with Crippen LogP contribution in [0, 0.1) is 5.82 Å². The van der Waals surface area contributed by atoms with E-state index in [2.05, 4.69) is 20.5 Å². The second-order valence-electron chi connectivity index (χ2n) is 7.65. The number of hydrogen-bond donors (Lipinski definition) is 3. The number of aromatic carboxylic acids is 1. The molecular formula is C26H21ClFN5O2S. The Morgan fingerprint density at radius 1 is 1.17 bits per heavy atom. The van der Waals surface area contributed by atoms with Gasteiger partial charge in [0, 0.05) is 28.1 Å². The van der Waals surface area contributed by atoms with Crippen LogP contribution < -0.4 is 11.1 Å². The highest BCUT2D eigenvalue weighted by Gasteiger charge is 2.15. The van der Waals surface area contributed by atoms with Gasteiger partial charge in [0.25, 0.3) is 0 Å². The number of nitrogens with one attached hydrogen (secondary N) is 1. The molecule has 36 heavy (non-hydrogen) atoms. The van der Waals surface area contributed by atoms with E-state index in [4.69, 9.17) is 17.3 Å². The zero-order chi connectivity index (χ0) is 25.7. The molecule has 0 unspecified atom stereocenters. The number of aromatic nitrogens is 3. The van der Waals surface area contributed by atoms with Gasteiger partial charge in [-0.15, -0.1) is 10.2 Å². The first-order chi connectivity index (χ1) is 17.4. The summed E-state index contributed by atoms with van der Waals surface area (Å²) in [5.74, 6) is -0.687. The summed E-state index contributed by atoms with van der Waals surface area (Å²) in [5, 5.41) is 22.1. The number of carboxylic acids is 1. The molecule has 2 heterocycles.